The summed E-state index contributed by atoms with van der Waals surface area (Å²) in [5.41, 5.74) is 3.38. The van der Waals surface area contributed by atoms with E-state index in [1.54, 1.807) is 44.6 Å². The molecule has 2 rings (SSSR count). The maximum Gasteiger partial charge on any atom is 0.261 e. The Morgan fingerprint density at radius 1 is 1.33 bits per heavy atom. The minimum atomic E-state index is -0.156. The Bertz CT molecular complexity index is 701. The number of nitriles is 1. The predicted octanol–water partition coefficient (Wildman–Crippen LogP) is 2.58. The molecule has 0 aliphatic carbocycles. The van der Waals surface area contributed by atoms with Crippen LogP contribution < -0.4 is 10.2 Å². The second-order valence-electron chi connectivity index (χ2n) is 4.64. The minimum absolute atomic E-state index is 0.156. The summed E-state index contributed by atoms with van der Waals surface area (Å²) < 4.78 is 0. The smallest absolute Gasteiger partial charge is 0.261 e. The molecule has 21 heavy (non-hydrogen) atoms. The number of nitrogens with one attached hydrogen (secondary N) is 1. The van der Waals surface area contributed by atoms with Gasteiger partial charge in [0.1, 0.15) is 0 Å². The zero-order valence-corrected chi connectivity index (χ0v) is 12.2. The molecule has 1 amide bonds. The van der Waals surface area contributed by atoms with Gasteiger partial charge in [0.2, 0.25) is 0 Å². The summed E-state index contributed by atoms with van der Waals surface area (Å²) in [6, 6.07) is 10.8. The Labute approximate surface area is 123 Å². The summed E-state index contributed by atoms with van der Waals surface area (Å²) in [5, 5.41) is 11.8. The highest BCUT2D eigenvalue weighted by Gasteiger charge is 2.17. The van der Waals surface area contributed by atoms with E-state index in [0.29, 0.717) is 11.1 Å². The number of hydrogen-bond acceptors (Lipinski definition) is 4. The third kappa shape index (κ3) is 3.00. The van der Waals surface area contributed by atoms with Gasteiger partial charge in [0.25, 0.3) is 5.91 Å². The topological polar surface area (TPSA) is 69.0 Å². The van der Waals surface area contributed by atoms with E-state index in [9.17, 15) is 4.79 Å². The van der Waals surface area contributed by atoms with Gasteiger partial charge < -0.3 is 10.2 Å². The lowest BCUT2D eigenvalue weighted by Crippen LogP contribution is -2.27. The summed E-state index contributed by atoms with van der Waals surface area (Å²) >= 11 is 0. The Balaban J connectivity index is 2.32. The maximum atomic E-state index is 12.6. The van der Waals surface area contributed by atoms with Crippen molar-refractivity contribution in [1.29, 1.82) is 5.26 Å². The summed E-state index contributed by atoms with van der Waals surface area (Å²) in [6.45, 7) is 1.87. The van der Waals surface area contributed by atoms with Crippen molar-refractivity contribution < 1.29 is 4.79 Å². The van der Waals surface area contributed by atoms with Crippen LogP contribution in [0.3, 0.4) is 0 Å². The molecule has 0 saturated carbocycles. The number of benzene rings is 1. The van der Waals surface area contributed by atoms with Crippen LogP contribution in [0.4, 0.5) is 11.4 Å². The van der Waals surface area contributed by atoms with Gasteiger partial charge >= 0.3 is 0 Å². The van der Waals surface area contributed by atoms with E-state index in [0.717, 1.165) is 17.1 Å². The molecule has 1 aromatic heterocycles. The molecule has 0 radical (unpaired) electrons. The molecular weight excluding hydrogens is 264 g/mol. The fourth-order valence-corrected chi connectivity index (χ4v) is 1.99. The molecule has 0 atom stereocenters. The number of carbonyl (C=O) groups is 1. The molecule has 1 N–H and O–H groups in total. The van der Waals surface area contributed by atoms with Crippen LogP contribution in [0, 0.1) is 18.3 Å². The Kier molecular flexibility index (Phi) is 4.19. The number of pyridine rings is 1. The number of anilines is 2. The minimum Gasteiger partial charge on any atom is -0.387 e. The lowest BCUT2D eigenvalue weighted by molar-refractivity contribution is 0.0993. The molecule has 0 spiro atoms. The largest absolute Gasteiger partial charge is 0.387 e. The molecule has 0 saturated heterocycles. The quantitative estimate of drug-likeness (QED) is 0.938. The van der Waals surface area contributed by atoms with Crippen molar-refractivity contribution in [1.82, 2.24) is 4.98 Å². The molecule has 0 aliphatic heterocycles. The van der Waals surface area contributed by atoms with Gasteiger partial charge in [-0.15, -0.1) is 0 Å². The molecule has 5 heteroatoms. The number of rotatable bonds is 3. The van der Waals surface area contributed by atoms with Crippen LogP contribution in [0.25, 0.3) is 0 Å². The highest BCUT2D eigenvalue weighted by Crippen LogP contribution is 2.21. The van der Waals surface area contributed by atoms with E-state index < -0.39 is 0 Å². The van der Waals surface area contributed by atoms with Gasteiger partial charge in [-0.2, -0.15) is 5.26 Å². The predicted molar refractivity (Wildman–Crippen MR) is 82.4 cm³/mol. The Hall–Kier alpha value is -2.87. The van der Waals surface area contributed by atoms with Crippen molar-refractivity contribution in [2.45, 2.75) is 6.92 Å². The van der Waals surface area contributed by atoms with Gasteiger partial charge in [-0.3, -0.25) is 9.78 Å². The molecule has 0 bridgehead atoms. The van der Waals surface area contributed by atoms with E-state index in [1.807, 2.05) is 13.0 Å². The fraction of sp³-hybridized carbons (Fsp3) is 0.188. The second kappa shape index (κ2) is 6.06. The fourth-order valence-electron chi connectivity index (χ4n) is 1.99. The van der Waals surface area contributed by atoms with Gasteiger partial charge in [-0.25, -0.2) is 0 Å². The molecule has 0 unspecified atom stereocenters. The SMILES string of the molecule is CNc1cc(C)ncc1C(=O)N(C)c1ccc(C#N)cc1. The first-order valence-electron chi connectivity index (χ1n) is 6.49. The number of nitrogens with zero attached hydrogens (tertiary/aromatic N) is 3. The molecule has 106 valence electrons. The molecule has 0 fully saturated rings. The summed E-state index contributed by atoms with van der Waals surface area (Å²) in [4.78, 5) is 18.3. The number of hydrogen-bond donors (Lipinski definition) is 1. The molecule has 0 aliphatic rings. The van der Waals surface area contributed by atoms with E-state index in [2.05, 4.69) is 16.4 Å². The first-order chi connectivity index (χ1) is 10.1. The third-order valence-electron chi connectivity index (χ3n) is 3.23. The van der Waals surface area contributed by atoms with Crippen LogP contribution in [0.1, 0.15) is 21.6 Å². The van der Waals surface area contributed by atoms with Crippen LogP contribution in [0.15, 0.2) is 36.5 Å². The maximum absolute atomic E-state index is 12.6. The standard InChI is InChI=1S/C16H16N4O/c1-11-8-15(18-2)14(10-19-11)16(21)20(3)13-6-4-12(9-17)5-7-13/h4-8,10H,1-3H3,(H,18,19). The van der Waals surface area contributed by atoms with Gasteiger partial charge in [-0.1, -0.05) is 0 Å². The average Bonchev–Trinajstić information content (AvgIpc) is 2.53. The average molecular weight is 280 g/mol. The lowest BCUT2D eigenvalue weighted by Gasteiger charge is -2.19. The van der Waals surface area contributed by atoms with Crippen molar-refractivity contribution in [3.63, 3.8) is 0 Å². The molecule has 1 heterocycles. The first kappa shape index (κ1) is 14.5. The highest BCUT2D eigenvalue weighted by atomic mass is 16.2. The highest BCUT2D eigenvalue weighted by molar-refractivity contribution is 6.09. The summed E-state index contributed by atoms with van der Waals surface area (Å²) in [6.07, 6.45) is 1.57. The van der Waals surface area contributed by atoms with Crippen molar-refractivity contribution in [3.8, 4) is 6.07 Å². The molecular formula is C16H16N4O. The zero-order valence-electron chi connectivity index (χ0n) is 12.2. The number of aryl methyl sites for hydroxylation is 1. The van der Waals surface area contributed by atoms with Crippen molar-refractivity contribution in [3.05, 3.63) is 53.3 Å². The van der Waals surface area contributed by atoms with Crippen LogP contribution >= 0.6 is 0 Å². The normalized spacial score (nSPS) is 9.81. The van der Waals surface area contributed by atoms with Gasteiger partial charge in [-0.05, 0) is 37.3 Å². The van der Waals surface area contributed by atoms with E-state index in [1.165, 1.54) is 4.90 Å². The lowest BCUT2D eigenvalue weighted by atomic mass is 10.1. The van der Waals surface area contributed by atoms with Gasteiger partial charge in [0.15, 0.2) is 0 Å². The van der Waals surface area contributed by atoms with Crippen molar-refractivity contribution in [2.24, 2.45) is 0 Å². The second-order valence-corrected chi connectivity index (χ2v) is 4.64. The van der Waals surface area contributed by atoms with Crippen molar-refractivity contribution >= 4 is 17.3 Å². The summed E-state index contributed by atoms with van der Waals surface area (Å²) in [5.74, 6) is -0.156. The number of amides is 1. The molecule has 2 aromatic rings. The monoisotopic (exact) mass is 280 g/mol. The van der Waals surface area contributed by atoms with Crippen molar-refractivity contribution in [2.75, 3.05) is 24.3 Å². The molecule has 1 aromatic carbocycles. The zero-order chi connectivity index (χ0) is 15.4. The van der Waals surface area contributed by atoms with Crippen LogP contribution in [0.2, 0.25) is 0 Å². The van der Waals surface area contributed by atoms with Crippen LogP contribution in [0.5, 0.6) is 0 Å². The van der Waals surface area contributed by atoms with Gasteiger partial charge in [0, 0.05) is 31.7 Å². The van der Waals surface area contributed by atoms with Crippen LogP contribution in [-0.4, -0.2) is 25.0 Å². The van der Waals surface area contributed by atoms with E-state index in [-0.39, 0.29) is 5.91 Å². The number of aromatic nitrogens is 1. The van der Waals surface area contributed by atoms with E-state index in [4.69, 9.17) is 5.26 Å². The Morgan fingerprint density at radius 2 is 2.00 bits per heavy atom. The molecule has 5 nitrogen and oxygen atoms in total. The van der Waals surface area contributed by atoms with Crippen LogP contribution in [-0.2, 0) is 0 Å². The van der Waals surface area contributed by atoms with E-state index >= 15 is 0 Å². The third-order valence-corrected chi connectivity index (χ3v) is 3.23. The van der Waals surface area contributed by atoms with Gasteiger partial charge in [0.05, 0.1) is 22.9 Å². The number of carbonyl (C=O) groups excluding carboxylic acids is 1. The Morgan fingerprint density at radius 3 is 2.57 bits per heavy atom. The summed E-state index contributed by atoms with van der Waals surface area (Å²) in [7, 11) is 3.47. The first-order valence-corrected chi connectivity index (χ1v) is 6.49.